The zero-order chi connectivity index (χ0) is 9.56. The average Bonchev–Trinajstić information content (AvgIpc) is 1.94. The van der Waals surface area contributed by atoms with Gasteiger partial charge in [-0.25, -0.2) is 0 Å². The van der Waals surface area contributed by atoms with E-state index in [4.69, 9.17) is 25.3 Å². The third kappa shape index (κ3) is 10.3. The zero-order valence-corrected chi connectivity index (χ0v) is 6.12. The average molecular weight is 212 g/mol. The van der Waals surface area contributed by atoms with Crippen LogP contribution in [-0.4, -0.2) is 84.0 Å². The monoisotopic (exact) mass is 212 g/mol. The summed E-state index contributed by atoms with van der Waals surface area (Å²) in [6, 6.07) is 6.15. The Morgan fingerprint density at radius 1 is 0.846 bits per heavy atom. The maximum atomic E-state index is 8.67. The molecular formula is C6H10BKO5. The molecule has 0 aromatic heterocycles. The van der Waals surface area contributed by atoms with Crippen molar-refractivity contribution < 1.29 is 25.3 Å². The Hall–Kier alpha value is 0.401. The molecule has 13 heavy (non-hydrogen) atoms. The number of hydrogen-bond acceptors (Lipinski definition) is 5. The molecule has 0 spiro atoms. The Balaban J connectivity index is 0. The number of phenolic OH excluding ortho intramolecular Hbond substituents is 2. The summed E-state index contributed by atoms with van der Waals surface area (Å²) in [5.41, 5.74) is 0. The van der Waals surface area contributed by atoms with Crippen LogP contribution in [0.5, 0.6) is 11.5 Å². The standard InChI is InChI=1S/C6H6O2.BH3O3.K.H/c7-5-3-1-2-4-6(5)8;2-1(3)4;;/h1-4,7-8H;2-4H;;. The summed E-state index contributed by atoms with van der Waals surface area (Å²) in [6.45, 7) is 0. The summed E-state index contributed by atoms with van der Waals surface area (Å²) in [7, 11) is -2.17. The van der Waals surface area contributed by atoms with E-state index >= 15 is 0 Å². The second-order valence-corrected chi connectivity index (χ2v) is 1.84. The van der Waals surface area contributed by atoms with Gasteiger partial charge in [-0.15, -0.1) is 0 Å². The van der Waals surface area contributed by atoms with Crippen molar-refractivity contribution >= 4 is 58.7 Å². The number of aromatic hydroxyl groups is 2. The van der Waals surface area contributed by atoms with Crippen LogP contribution >= 0.6 is 0 Å². The molecule has 5 nitrogen and oxygen atoms in total. The second kappa shape index (κ2) is 8.98. The van der Waals surface area contributed by atoms with E-state index in [9.17, 15) is 0 Å². The molecule has 0 saturated heterocycles. The van der Waals surface area contributed by atoms with Crippen molar-refractivity contribution in [1.29, 1.82) is 0 Å². The van der Waals surface area contributed by atoms with Crippen LogP contribution < -0.4 is 0 Å². The van der Waals surface area contributed by atoms with Gasteiger partial charge in [-0.1, -0.05) is 12.1 Å². The quantitative estimate of drug-likeness (QED) is 0.263. The van der Waals surface area contributed by atoms with E-state index in [-0.39, 0.29) is 62.9 Å². The van der Waals surface area contributed by atoms with E-state index in [0.717, 1.165) is 0 Å². The first-order valence-electron chi connectivity index (χ1n) is 3.05. The number of para-hydroxylation sites is 2. The third-order valence-electron chi connectivity index (χ3n) is 0.882. The Labute approximate surface area is 118 Å². The van der Waals surface area contributed by atoms with Crippen LogP contribution in [0.2, 0.25) is 0 Å². The van der Waals surface area contributed by atoms with Crippen LogP contribution in [0.4, 0.5) is 0 Å². The molecule has 0 unspecified atom stereocenters. The molecule has 0 aliphatic heterocycles. The predicted octanol–water partition coefficient (Wildman–Crippen LogP) is -1.60. The van der Waals surface area contributed by atoms with E-state index in [0.29, 0.717) is 0 Å². The number of hydrogen-bond donors (Lipinski definition) is 5. The van der Waals surface area contributed by atoms with Crippen LogP contribution in [0.1, 0.15) is 0 Å². The molecule has 0 aliphatic rings. The molecule has 0 bridgehead atoms. The van der Waals surface area contributed by atoms with Crippen molar-refractivity contribution in [2.24, 2.45) is 0 Å². The summed E-state index contributed by atoms with van der Waals surface area (Å²) in [5, 5.41) is 38.8. The second-order valence-electron chi connectivity index (χ2n) is 1.84. The normalized spacial score (nSPS) is 7.62. The molecule has 0 aliphatic carbocycles. The predicted molar refractivity (Wildman–Crippen MR) is 49.3 cm³/mol. The summed E-state index contributed by atoms with van der Waals surface area (Å²) in [6.07, 6.45) is 0. The summed E-state index contributed by atoms with van der Waals surface area (Å²) in [5.74, 6) is -0.153. The summed E-state index contributed by atoms with van der Waals surface area (Å²) in [4.78, 5) is 0. The van der Waals surface area contributed by atoms with Crippen LogP contribution in [0.25, 0.3) is 0 Å². The third-order valence-corrected chi connectivity index (χ3v) is 0.882. The van der Waals surface area contributed by atoms with Gasteiger partial charge in [0.2, 0.25) is 0 Å². The van der Waals surface area contributed by atoms with Crippen LogP contribution in [0.15, 0.2) is 24.3 Å². The first-order valence-corrected chi connectivity index (χ1v) is 3.05. The molecule has 0 atom stereocenters. The molecule has 1 rings (SSSR count). The fraction of sp³-hybridized carbons (Fsp3) is 0. The van der Waals surface area contributed by atoms with Gasteiger partial charge in [0.25, 0.3) is 0 Å². The molecule has 0 saturated carbocycles. The molecule has 68 valence electrons. The number of rotatable bonds is 0. The van der Waals surface area contributed by atoms with Gasteiger partial charge >= 0.3 is 58.7 Å². The fourth-order valence-electron chi connectivity index (χ4n) is 0.464. The van der Waals surface area contributed by atoms with Crippen molar-refractivity contribution in [2.75, 3.05) is 0 Å². The molecular weight excluding hydrogens is 202 g/mol. The van der Waals surface area contributed by atoms with Gasteiger partial charge in [0.1, 0.15) is 0 Å². The van der Waals surface area contributed by atoms with E-state index in [1.54, 1.807) is 12.1 Å². The maximum absolute atomic E-state index is 8.67. The van der Waals surface area contributed by atoms with E-state index in [2.05, 4.69) is 0 Å². The fourth-order valence-corrected chi connectivity index (χ4v) is 0.464. The molecule has 7 heteroatoms. The van der Waals surface area contributed by atoms with E-state index < -0.39 is 7.32 Å². The topological polar surface area (TPSA) is 101 Å². The van der Waals surface area contributed by atoms with Crippen molar-refractivity contribution in [1.82, 2.24) is 0 Å². The minimum absolute atomic E-state index is 0. The van der Waals surface area contributed by atoms with Gasteiger partial charge in [0, 0.05) is 0 Å². The SMILES string of the molecule is OB(O)O.Oc1ccccc1O.[KH]. The van der Waals surface area contributed by atoms with Crippen molar-refractivity contribution in [2.45, 2.75) is 0 Å². The Bertz CT molecular complexity index is 208. The van der Waals surface area contributed by atoms with Crippen molar-refractivity contribution in [3.8, 4) is 11.5 Å². The molecule has 1 aromatic rings. The number of benzene rings is 1. The Morgan fingerprint density at radius 2 is 1.08 bits per heavy atom. The Kier molecular flexibility index (Phi) is 10.9. The zero-order valence-electron chi connectivity index (χ0n) is 6.12. The molecule has 0 fully saturated rings. The van der Waals surface area contributed by atoms with Crippen LogP contribution in [0, 0.1) is 0 Å². The van der Waals surface area contributed by atoms with Gasteiger partial charge in [-0.3, -0.25) is 0 Å². The van der Waals surface area contributed by atoms with Crippen molar-refractivity contribution in [3.05, 3.63) is 24.3 Å². The first-order chi connectivity index (χ1) is 5.54. The van der Waals surface area contributed by atoms with Crippen molar-refractivity contribution in [3.63, 3.8) is 0 Å². The molecule has 0 amide bonds. The van der Waals surface area contributed by atoms with Gasteiger partial charge in [-0.2, -0.15) is 0 Å². The summed E-state index contributed by atoms with van der Waals surface area (Å²) >= 11 is 0. The molecule has 0 heterocycles. The van der Waals surface area contributed by atoms with Gasteiger partial charge in [0.15, 0.2) is 11.5 Å². The first kappa shape index (κ1) is 15.9. The summed E-state index contributed by atoms with van der Waals surface area (Å²) < 4.78 is 0. The molecule has 5 N–H and O–H groups in total. The van der Waals surface area contributed by atoms with E-state index in [1.807, 2.05) is 0 Å². The van der Waals surface area contributed by atoms with Gasteiger partial charge in [-0.05, 0) is 12.1 Å². The van der Waals surface area contributed by atoms with Gasteiger partial charge in [0.05, 0.1) is 0 Å². The Morgan fingerprint density at radius 3 is 1.23 bits per heavy atom. The van der Waals surface area contributed by atoms with Gasteiger partial charge < -0.3 is 25.3 Å². The molecule has 1 aromatic carbocycles. The van der Waals surface area contributed by atoms with Crippen LogP contribution in [0.3, 0.4) is 0 Å². The minimum atomic E-state index is -2.17. The number of phenols is 2. The van der Waals surface area contributed by atoms with E-state index in [1.165, 1.54) is 12.1 Å². The molecule has 0 radical (unpaired) electrons. The van der Waals surface area contributed by atoms with Crippen LogP contribution in [-0.2, 0) is 0 Å².